The number of para-hydroxylation sites is 1. The Morgan fingerprint density at radius 3 is 2.65 bits per heavy atom. The number of furan rings is 1. The van der Waals surface area contributed by atoms with Gasteiger partial charge in [0.2, 0.25) is 0 Å². The van der Waals surface area contributed by atoms with Crippen molar-refractivity contribution in [2.75, 3.05) is 0 Å². The van der Waals surface area contributed by atoms with Gasteiger partial charge in [0.25, 0.3) is 5.91 Å². The molecule has 0 aliphatic carbocycles. The van der Waals surface area contributed by atoms with Gasteiger partial charge in [-0.15, -0.1) is 0 Å². The minimum atomic E-state index is -1.06. The van der Waals surface area contributed by atoms with Crippen molar-refractivity contribution in [1.29, 1.82) is 0 Å². The molecule has 1 aromatic heterocycles. The molecule has 23 heavy (non-hydrogen) atoms. The predicted octanol–water partition coefficient (Wildman–Crippen LogP) is 2.84. The van der Waals surface area contributed by atoms with E-state index in [0.717, 1.165) is 0 Å². The Labute approximate surface area is 134 Å². The molecule has 2 N–H and O–H groups in total. The van der Waals surface area contributed by atoms with Crippen LogP contribution in [0.3, 0.4) is 0 Å². The fourth-order valence-electron chi connectivity index (χ4n) is 2.10. The first-order valence-electron chi connectivity index (χ1n) is 7.39. The van der Waals surface area contributed by atoms with Crippen LogP contribution < -0.4 is 10.1 Å². The van der Waals surface area contributed by atoms with E-state index >= 15 is 0 Å². The van der Waals surface area contributed by atoms with Crippen LogP contribution >= 0.6 is 0 Å². The molecule has 1 atom stereocenters. The van der Waals surface area contributed by atoms with Crippen molar-refractivity contribution in [2.24, 2.45) is 0 Å². The molecule has 0 bridgehead atoms. The van der Waals surface area contributed by atoms with Crippen LogP contribution in [-0.2, 0) is 11.4 Å². The molecule has 1 amide bonds. The number of benzene rings is 1. The Hall–Kier alpha value is -2.76. The Balaban J connectivity index is 2.01. The number of carbonyl (C=O) groups is 2. The van der Waals surface area contributed by atoms with E-state index in [1.54, 1.807) is 6.07 Å². The number of carboxylic acid groups (broad SMARTS) is 1. The second-order valence-electron chi connectivity index (χ2n) is 5.03. The summed E-state index contributed by atoms with van der Waals surface area (Å²) in [5, 5.41) is 11.6. The largest absolute Gasteiger partial charge is 0.489 e. The first-order valence-corrected chi connectivity index (χ1v) is 7.39. The van der Waals surface area contributed by atoms with Crippen molar-refractivity contribution in [3.8, 4) is 5.75 Å². The normalized spacial score (nSPS) is 11.7. The number of carbonyl (C=O) groups excluding carboxylic acids is 1. The minimum absolute atomic E-state index is 0.0725. The van der Waals surface area contributed by atoms with Crippen molar-refractivity contribution >= 4 is 11.9 Å². The zero-order valence-electron chi connectivity index (χ0n) is 12.8. The fourth-order valence-corrected chi connectivity index (χ4v) is 2.10. The van der Waals surface area contributed by atoms with Gasteiger partial charge >= 0.3 is 5.97 Å². The van der Waals surface area contributed by atoms with Crippen LogP contribution in [0.5, 0.6) is 5.75 Å². The smallest absolute Gasteiger partial charge is 0.326 e. The topological polar surface area (TPSA) is 88.8 Å². The quantitative estimate of drug-likeness (QED) is 0.781. The van der Waals surface area contributed by atoms with Crippen LogP contribution in [0, 0.1) is 0 Å². The van der Waals surface area contributed by atoms with E-state index in [1.807, 2.05) is 37.3 Å². The summed E-state index contributed by atoms with van der Waals surface area (Å²) in [6.45, 7) is 2.02. The van der Waals surface area contributed by atoms with Crippen molar-refractivity contribution in [1.82, 2.24) is 5.32 Å². The number of hydrogen-bond acceptors (Lipinski definition) is 4. The van der Waals surface area contributed by atoms with Gasteiger partial charge < -0.3 is 19.6 Å². The van der Waals surface area contributed by atoms with Gasteiger partial charge in [-0.05, 0) is 24.6 Å². The van der Waals surface area contributed by atoms with E-state index in [-0.39, 0.29) is 12.4 Å². The van der Waals surface area contributed by atoms with Gasteiger partial charge in [0, 0.05) is 5.56 Å². The van der Waals surface area contributed by atoms with Gasteiger partial charge in [-0.2, -0.15) is 0 Å². The van der Waals surface area contributed by atoms with Crippen LogP contribution in [0.4, 0.5) is 0 Å². The van der Waals surface area contributed by atoms with Crippen LogP contribution in [0.1, 0.15) is 35.9 Å². The summed E-state index contributed by atoms with van der Waals surface area (Å²) in [5.74, 6) is -0.867. The molecule has 1 heterocycles. The summed E-state index contributed by atoms with van der Waals surface area (Å²) in [5.41, 5.74) is 0.562. The van der Waals surface area contributed by atoms with Crippen molar-refractivity contribution in [2.45, 2.75) is 32.4 Å². The van der Waals surface area contributed by atoms with Crippen molar-refractivity contribution < 1.29 is 23.8 Å². The SMILES string of the molecule is CCCC(NC(=O)c1occc1COc1ccccc1)C(=O)O. The number of amides is 1. The molecule has 1 aromatic carbocycles. The van der Waals surface area contributed by atoms with Crippen molar-refractivity contribution in [3.63, 3.8) is 0 Å². The predicted molar refractivity (Wildman–Crippen MR) is 83.3 cm³/mol. The number of nitrogens with one attached hydrogen (secondary N) is 1. The van der Waals surface area contributed by atoms with E-state index in [1.165, 1.54) is 6.26 Å². The van der Waals surface area contributed by atoms with E-state index in [0.29, 0.717) is 24.2 Å². The summed E-state index contributed by atoms with van der Waals surface area (Å²) in [6.07, 6.45) is 2.39. The molecule has 6 heteroatoms. The Kier molecular flexibility index (Phi) is 5.80. The summed E-state index contributed by atoms with van der Waals surface area (Å²) < 4.78 is 10.8. The second-order valence-corrected chi connectivity index (χ2v) is 5.03. The standard InChI is InChI=1S/C17H19NO5/c1-2-6-14(17(20)21)18-16(19)15-12(9-10-22-15)11-23-13-7-4-3-5-8-13/h3-5,7-10,14H,2,6,11H2,1H3,(H,18,19)(H,20,21). The zero-order chi connectivity index (χ0) is 16.7. The van der Waals surface area contributed by atoms with Gasteiger partial charge in [-0.1, -0.05) is 31.5 Å². The monoisotopic (exact) mass is 317 g/mol. The zero-order valence-corrected chi connectivity index (χ0v) is 12.8. The maximum absolute atomic E-state index is 12.2. The molecule has 2 rings (SSSR count). The molecule has 0 saturated heterocycles. The summed E-state index contributed by atoms with van der Waals surface area (Å²) >= 11 is 0. The summed E-state index contributed by atoms with van der Waals surface area (Å²) in [4.78, 5) is 23.3. The Bertz CT molecular complexity index is 650. The van der Waals surface area contributed by atoms with Gasteiger partial charge in [0.05, 0.1) is 6.26 Å². The molecule has 122 valence electrons. The molecule has 6 nitrogen and oxygen atoms in total. The van der Waals surface area contributed by atoms with E-state index in [4.69, 9.17) is 14.3 Å². The van der Waals surface area contributed by atoms with Crippen LogP contribution in [0.25, 0.3) is 0 Å². The van der Waals surface area contributed by atoms with Crippen molar-refractivity contribution in [3.05, 3.63) is 54.0 Å². The lowest BCUT2D eigenvalue weighted by Crippen LogP contribution is -2.40. The lowest BCUT2D eigenvalue weighted by Gasteiger charge is -2.13. The van der Waals surface area contributed by atoms with E-state index in [2.05, 4.69) is 5.32 Å². The number of hydrogen-bond donors (Lipinski definition) is 2. The average Bonchev–Trinajstić information content (AvgIpc) is 3.02. The number of rotatable bonds is 8. The van der Waals surface area contributed by atoms with Crippen LogP contribution in [0.2, 0.25) is 0 Å². The third-order valence-electron chi connectivity index (χ3n) is 3.27. The van der Waals surface area contributed by atoms with E-state index in [9.17, 15) is 9.59 Å². The first kappa shape index (κ1) is 16.6. The molecule has 0 aliphatic rings. The molecule has 0 saturated carbocycles. The third kappa shape index (κ3) is 4.60. The average molecular weight is 317 g/mol. The molecular weight excluding hydrogens is 298 g/mol. The molecular formula is C17H19NO5. The maximum atomic E-state index is 12.2. The Morgan fingerprint density at radius 2 is 2.00 bits per heavy atom. The highest BCUT2D eigenvalue weighted by atomic mass is 16.5. The number of carboxylic acids is 1. The highest BCUT2D eigenvalue weighted by Crippen LogP contribution is 2.16. The number of ether oxygens (including phenoxy) is 1. The first-order chi connectivity index (χ1) is 11.1. The molecule has 0 radical (unpaired) electrons. The van der Waals surface area contributed by atoms with Crippen LogP contribution in [0.15, 0.2) is 47.1 Å². The highest BCUT2D eigenvalue weighted by molar-refractivity contribution is 5.95. The van der Waals surface area contributed by atoms with Gasteiger partial charge in [-0.25, -0.2) is 4.79 Å². The lowest BCUT2D eigenvalue weighted by molar-refractivity contribution is -0.139. The van der Waals surface area contributed by atoms with Crippen LogP contribution in [-0.4, -0.2) is 23.0 Å². The Morgan fingerprint density at radius 1 is 1.26 bits per heavy atom. The third-order valence-corrected chi connectivity index (χ3v) is 3.27. The van der Waals surface area contributed by atoms with Gasteiger partial charge in [-0.3, -0.25) is 4.79 Å². The van der Waals surface area contributed by atoms with E-state index < -0.39 is 17.9 Å². The summed E-state index contributed by atoms with van der Waals surface area (Å²) in [6, 6.07) is 9.89. The molecule has 1 unspecified atom stereocenters. The van der Waals surface area contributed by atoms with Gasteiger partial charge in [0.15, 0.2) is 5.76 Å². The second kappa shape index (κ2) is 8.03. The summed E-state index contributed by atoms with van der Waals surface area (Å²) in [7, 11) is 0. The molecule has 2 aromatic rings. The maximum Gasteiger partial charge on any atom is 0.326 e. The number of aliphatic carboxylic acids is 1. The fraction of sp³-hybridized carbons (Fsp3) is 0.294. The highest BCUT2D eigenvalue weighted by Gasteiger charge is 2.23. The molecule has 0 spiro atoms. The molecule has 0 fully saturated rings. The lowest BCUT2D eigenvalue weighted by atomic mass is 10.1. The molecule has 0 aliphatic heterocycles. The van der Waals surface area contributed by atoms with Gasteiger partial charge in [0.1, 0.15) is 18.4 Å². The minimum Gasteiger partial charge on any atom is -0.489 e.